The van der Waals surface area contributed by atoms with Crippen molar-refractivity contribution in [3.8, 4) is 0 Å². The van der Waals surface area contributed by atoms with Gasteiger partial charge in [-0.3, -0.25) is 9.59 Å². The zero-order valence-corrected chi connectivity index (χ0v) is 16.8. The fourth-order valence-electron chi connectivity index (χ4n) is 2.53. The van der Waals surface area contributed by atoms with Crippen molar-refractivity contribution in [3.63, 3.8) is 0 Å². The second kappa shape index (κ2) is 10.3. The standard InChI is InChI=1S/C20H22ClFN2O2S/c1-14(20(26)23-2)24(13-15-5-3-4-6-18(15)22)19(25)11-12-27-17-9-7-16(21)8-10-17/h3-10,14H,11-13H2,1-2H3,(H,23,26)/t14-/m1/s1. The van der Waals surface area contributed by atoms with E-state index >= 15 is 0 Å². The molecule has 0 saturated carbocycles. The lowest BCUT2D eigenvalue weighted by Crippen LogP contribution is -2.46. The molecule has 0 fully saturated rings. The minimum atomic E-state index is -0.692. The molecule has 2 rings (SSSR count). The largest absolute Gasteiger partial charge is 0.357 e. The molecule has 144 valence electrons. The van der Waals surface area contributed by atoms with E-state index in [-0.39, 0.29) is 24.8 Å². The Morgan fingerprint density at radius 2 is 1.85 bits per heavy atom. The maximum atomic E-state index is 14.0. The molecule has 2 aromatic carbocycles. The third-order valence-electron chi connectivity index (χ3n) is 4.11. The summed E-state index contributed by atoms with van der Waals surface area (Å²) in [5.74, 6) is -0.329. The van der Waals surface area contributed by atoms with Crippen LogP contribution in [0, 0.1) is 5.82 Å². The first-order valence-corrected chi connectivity index (χ1v) is 9.91. The molecule has 0 radical (unpaired) electrons. The second-order valence-corrected chi connectivity index (χ2v) is 7.56. The normalized spacial score (nSPS) is 11.7. The number of nitrogens with zero attached hydrogens (tertiary/aromatic N) is 1. The Bertz CT molecular complexity index is 786. The third-order valence-corrected chi connectivity index (χ3v) is 5.38. The lowest BCUT2D eigenvalue weighted by atomic mass is 10.1. The number of halogens is 2. The number of hydrogen-bond donors (Lipinski definition) is 1. The molecule has 0 bridgehead atoms. The number of rotatable bonds is 8. The van der Waals surface area contributed by atoms with Crippen LogP contribution < -0.4 is 5.32 Å². The van der Waals surface area contributed by atoms with Crippen LogP contribution in [0.25, 0.3) is 0 Å². The van der Waals surface area contributed by atoms with E-state index in [1.165, 1.54) is 29.8 Å². The quantitative estimate of drug-likeness (QED) is 0.668. The molecule has 0 heterocycles. The van der Waals surface area contributed by atoms with Crippen molar-refractivity contribution in [2.75, 3.05) is 12.8 Å². The minimum Gasteiger partial charge on any atom is -0.357 e. The van der Waals surface area contributed by atoms with Crippen LogP contribution in [0.15, 0.2) is 53.4 Å². The topological polar surface area (TPSA) is 49.4 Å². The van der Waals surface area contributed by atoms with E-state index in [4.69, 9.17) is 11.6 Å². The average Bonchev–Trinajstić information content (AvgIpc) is 2.67. The summed E-state index contributed by atoms with van der Waals surface area (Å²) < 4.78 is 14.0. The molecule has 0 unspecified atom stereocenters. The van der Waals surface area contributed by atoms with Gasteiger partial charge in [-0.1, -0.05) is 29.8 Å². The lowest BCUT2D eigenvalue weighted by molar-refractivity contribution is -0.140. The Morgan fingerprint density at radius 1 is 1.19 bits per heavy atom. The van der Waals surface area contributed by atoms with Crippen LogP contribution in [0.1, 0.15) is 18.9 Å². The molecular weight excluding hydrogens is 387 g/mol. The fourth-order valence-corrected chi connectivity index (χ4v) is 3.50. The maximum Gasteiger partial charge on any atom is 0.242 e. The Balaban J connectivity index is 2.04. The number of carbonyl (C=O) groups is 2. The van der Waals surface area contributed by atoms with E-state index in [2.05, 4.69) is 5.32 Å². The highest BCUT2D eigenvalue weighted by Crippen LogP contribution is 2.22. The molecule has 2 amide bonds. The summed E-state index contributed by atoms with van der Waals surface area (Å²) in [4.78, 5) is 27.2. The van der Waals surface area contributed by atoms with Crippen molar-refractivity contribution in [3.05, 3.63) is 64.9 Å². The fraction of sp³-hybridized carbons (Fsp3) is 0.300. The van der Waals surface area contributed by atoms with Gasteiger partial charge < -0.3 is 10.2 Å². The lowest BCUT2D eigenvalue weighted by Gasteiger charge is -2.28. The smallest absolute Gasteiger partial charge is 0.242 e. The zero-order chi connectivity index (χ0) is 19.8. The van der Waals surface area contributed by atoms with Crippen molar-refractivity contribution in [2.45, 2.75) is 30.8 Å². The molecule has 2 aromatic rings. The van der Waals surface area contributed by atoms with Gasteiger partial charge in [0.15, 0.2) is 0 Å². The van der Waals surface area contributed by atoms with Gasteiger partial charge in [0, 0.05) is 41.2 Å². The highest BCUT2D eigenvalue weighted by atomic mass is 35.5. The van der Waals surface area contributed by atoms with Crippen LogP contribution in [-0.4, -0.2) is 35.6 Å². The Morgan fingerprint density at radius 3 is 2.48 bits per heavy atom. The molecule has 0 aliphatic rings. The van der Waals surface area contributed by atoms with Gasteiger partial charge in [-0.05, 0) is 37.3 Å². The summed E-state index contributed by atoms with van der Waals surface area (Å²) in [6.45, 7) is 1.69. The summed E-state index contributed by atoms with van der Waals surface area (Å²) in [5, 5.41) is 3.20. The summed E-state index contributed by atoms with van der Waals surface area (Å²) in [6.07, 6.45) is 0.239. The number of carbonyl (C=O) groups excluding carboxylic acids is 2. The first kappa shape index (κ1) is 21.3. The second-order valence-electron chi connectivity index (χ2n) is 5.96. The summed E-state index contributed by atoms with van der Waals surface area (Å²) in [5.41, 5.74) is 0.381. The van der Waals surface area contributed by atoms with Gasteiger partial charge in [0.05, 0.1) is 0 Å². The van der Waals surface area contributed by atoms with E-state index in [1.807, 2.05) is 12.1 Å². The number of benzene rings is 2. The molecule has 0 saturated heterocycles. The molecule has 0 aromatic heterocycles. The van der Waals surface area contributed by atoms with E-state index in [1.54, 1.807) is 37.3 Å². The molecule has 1 N–H and O–H groups in total. The van der Waals surface area contributed by atoms with Crippen molar-refractivity contribution in [2.24, 2.45) is 0 Å². The third kappa shape index (κ3) is 6.26. The molecule has 0 aliphatic heterocycles. The summed E-state index contributed by atoms with van der Waals surface area (Å²) in [6, 6.07) is 12.9. The molecular formula is C20H22ClFN2O2S. The van der Waals surface area contributed by atoms with E-state index in [9.17, 15) is 14.0 Å². The average molecular weight is 409 g/mol. The predicted molar refractivity (Wildman–Crippen MR) is 107 cm³/mol. The van der Waals surface area contributed by atoms with Gasteiger partial charge >= 0.3 is 0 Å². The number of likely N-dealkylation sites (N-methyl/N-ethyl adjacent to an activating group) is 1. The zero-order valence-electron chi connectivity index (χ0n) is 15.2. The first-order valence-electron chi connectivity index (χ1n) is 8.55. The molecule has 4 nitrogen and oxygen atoms in total. The molecule has 1 atom stereocenters. The minimum absolute atomic E-state index is 0.0473. The number of nitrogens with one attached hydrogen (secondary N) is 1. The number of hydrogen-bond acceptors (Lipinski definition) is 3. The molecule has 7 heteroatoms. The van der Waals surface area contributed by atoms with Crippen LogP contribution in [-0.2, 0) is 16.1 Å². The van der Waals surface area contributed by atoms with E-state index in [0.29, 0.717) is 16.3 Å². The van der Waals surface area contributed by atoms with Gasteiger partial charge in [0.25, 0.3) is 0 Å². The molecule has 0 spiro atoms. The SMILES string of the molecule is CNC(=O)[C@@H](C)N(Cc1ccccc1F)C(=O)CCSc1ccc(Cl)cc1. The van der Waals surface area contributed by atoms with Crippen LogP contribution >= 0.6 is 23.4 Å². The van der Waals surface area contributed by atoms with Crippen molar-refractivity contribution in [1.29, 1.82) is 0 Å². The van der Waals surface area contributed by atoms with Crippen molar-refractivity contribution < 1.29 is 14.0 Å². The van der Waals surface area contributed by atoms with E-state index < -0.39 is 11.9 Å². The van der Waals surface area contributed by atoms with Crippen LogP contribution in [0.5, 0.6) is 0 Å². The Hall–Kier alpha value is -2.05. The predicted octanol–water partition coefficient (Wildman–Crippen LogP) is 4.12. The highest BCUT2D eigenvalue weighted by Gasteiger charge is 2.25. The highest BCUT2D eigenvalue weighted by molar-refractivity contribution is 7.99. The molecule has 27 heavy (non-hydrogen) atoms. The van der Waals surface area contributed by atoms with Crippen molar-refractivity contribution in [1.82, 2.24) is 10.2 Å². The van der Waals surface area contributed by atoms with Crippen molar-refractivity contribution >= 4 is 35.2 Å². The van der Waals surface area contributed by atoms with Gasteiger partial charge in [-0.25, -0.2) is 4.39 Å². The van der Waals surface area contributed by atoms with Crippen LogP contribution in [0.3, 0.4) is 0 Å². The number of amides is 2. The summed E-state index contributed by atoms with van der Waals surface area (Å²) in [7, 11) is 1.51. The molecule has 0 aliphatic carbocycles. The van der Waals surface area contributed by atoms with Crippen LogP contribution in [0.2, 0.25) is 5.02 Å². The monoisotopic (exact) mass is 408 g/mol. The van der Waals surface area contributed by atoms with Gasteiger partial charge in [-0.15, -0.1) is 11.8 Å². The van der Waals surface area contributed by atoms with Gasteiger partial charge in [0.1, 0.15) is 11.9 Å². The number of thioether (sulfide) groups is 1. The van der Waals surface area contributed by atoms with Crippen LogP contribution in [0.4, 0.5) is 4.39 Å². The Kier molecular flexibility index (Phi) is 8.13. The van der Waals surface area contributed by atoms with Gasteiger partial charge in [0.2, 0.25) is 11.8 Å². The Labute approximate surface area is 168 Å². The summed E-state index contributed by atoms with van der Waals surface area (Å²) >= 11 is 7.40. The maximum absolute atomic E-state index is 14.0. The van der Waals surface area contributed by atoms with Gasteiger partial charge in [-0.2, -0.15) is 0 Å². The van der Waals surface area contributed by atoms with E-state index in [0.717, 1.165) is 4.90 Å². The first-order chi connectivity index (χ1) is 12.9.